The molecule has 1 heterocycles. The van der Waals surface area contributed by atoms with Crippen molar-refractivity contribution in [3.8, 4) is 0 Å². The molecule has 0 aliphatic rings. The standard InChI is InChI=1S/C9H8ClNS/c1-5-2-6-3-7(11)4-8(10)9(6)12-5/h2-4H,11H2,1H3. The second kappa shape index (κ2) is 2.64. The van der Waals surface area contributed by atoms with Crippen molar-refractivity contribution in [3.05, 3.63) is 28.1 Å². The number of rotatable bonds is 0. The fourth-order valence-electron chi connectivity index (χ4n) is 1.26. The smallest absolute Gasteiger partial charge is 0.0604 e. The highest BCUT2D eigenvalue weighted by Crippen LogP contribution is 2.33. The van der Waals surface area contributed by atoms with Crippen molar-refractivity contribution in [1.82, 2.24) is 0 Å². The molecule has 0 aliphatic heterocycles. The Morgan fingerprint density at radius 2 is 2.08 bits per heavy atom. The highest BCUT2D eigenvalue weighted by Gasteiger charge is 2.03. The summed E-state index contributed by atoms with van der Waals surface area (Å²) >= 11 is 7.71. The molecule has 3 heteroatoms. The normalized spacial score (nSPS) is 10.8. The van der Waals surface area contributed by atoms with Crippen molar-refractivity contribution in [2.75, 3.05) is 5.73 Å². The van der Waals surface area contributed by atoms with Gasteiger partial charge in [0.2, 0.25) is 0 Å². The summed E-state index contributed by atoms with van der Waals surface area (Å²) in [5.74, 6) is 0. The Bertz CT molecular complexity index is 433. The van der Waals surface area contributed by atoms with E-state index in [4.69, 9.17) is 17.3 Å². The highest BCUT2D eigenvalue weighted by molar-refractivity contribution is 7.19. The molecule has 0 bridgehead atoms. The fraction of sp³-hybridized carbons (Fsp3) is 0.111. The lowest BCUT2D eigenvalue weighted by Crippen LogP contribution is -1.82. The van der Waals surface area contributed by atoms with E-state index in [0.29, 0.717) is 0 Å². The van der Waals surface area contributed by atoms with Crippen LogP contribution < -0.4 is 5.73 Å². The Labute approximate surface area is 79.8 Å². The van der Waals surface area contributed by atoms with Crippen molar-refractivity contribution >= 4 is 38.7 Å². The maximum absolute atomic E-state index is 6.01. The van der Waals surface area contributed by atoms with Gasteiger partial charge in [0.05, 0.1) is 9.72 Å². The van der Waals surface area contributed by atoms with Gasteiger partial charge in [0.1, 0.15) is 0 Å². The van der Waals surface area contributed by atoms with E-state index < -0.39 is 0 Å². The summed E-state index contributed by atoms with van der Waals surface area (Å²) in [6.07, 6.45) is 0. The van der Waals surface area contributed by atoms with E-state index >= 15 is 0 Å². The second-order valence-corrected chi connectivity index (χ2v) is 4.44. The lowest BCUT2D eigenvalue weighted by atomic mass is 10.2. The third kappa shape index (κ3) is 1.17. The predicted molar refractivity (Wildman–Crippen MR) is 56.0 cm³/mol. The molecule has 0 atom stereocenters. The Kier molecular flexibility index (Phi) is 1.74. The van der Waals surface area contributed by atoms with Crippen LogP contribution in [0.4, 0.5) is 5.69 Å². The summed E-state index contributed by atoms with van der Waals surface area (Å²) in [5.41, 5.74) is 6.38. The number of nitrogens with two attached hydrogens (primary N) is 1. The van der Waals surface area contributed by atoms with E-state index in [0.717, 1.165) is 20.8 Å². The Morgan fingerprint density at radius 1 is 1.33 bits per heavy atom. The molecule has 2 N–H and O–H groups in total. The van der Waals surface area contributed by atoms with Crippen molar-refractivity contribution in [3.63, 3.8) is 0 Å². The molecule has 0 fully saturated rings. The zero-order valence-corrected chi connectivity index (χ0v) is 8.17. The first-order chi connectivity index (χ1) is 5.66. The molecule has 2 aromatic rings. The molecule has 2 rings (SSSR count). The lowest BCUT2D eigenvalue weighted by Gasteiger charge is -1.95. The van der Waals surface area contributed by atoms with Gasteiger partial charge in [0, 0.05) is 10.6 Å². The molecule has 0 saturated heterocycles. The first kappa shape index (κ1) is 7.90. The van der Waals surface area contributed by atoms with Gasteiger partial charge >= 0.3 is 0 Å². The molecular formula is C9H8ClNS. The van der Waals surface area contributed by atoms with Gasteiger partial charge in [0.25, 0.3) is 0 Å². The quantitative estimate of drug-likeness (QED) is 0.644. The molecule has 1 aromatic carbocycles. The molecular weight excluding hydrogens is 190 g/mol. The van der Waals surface area contributed by atoms with E-state index in [-0.39, 0.29) is 0 Å². The molecule has 1 nitrogen and oxygen atoms in total. The van der Waals surface area contributed by atoms with Crippen molar-refractivity contribution in [2.45, 2.75) is 6.92 Å². The Morgan fingerprint density at radius 3 is 2.83 bits per heavy atom. The number of thiophene rings is 1. The van der Waals surface area contributed by atoms with E-state index in [1.807, 2.05) is 6.07 Å². The zero-order chi connectivity index (χ0) is 8.72. The molecule has 0 spiro atoms. The van der Waals surface area contributed by atoms with Gasteiger partial charge in [0.15, 0.2) is 0 Å². The molecule has 0 radical (unpaired) electrons. The minimum atomic E-state index is 0.727. The summed E-state index contributed by atoms with van der Waals surface area (Å²) in [6, 6.07) is 5.84. The minimum Gasteiger partial charge on any atom is -0.399 e. The number of hydrogen-bond donors (Lipinski definition) is 1. The summed E-state index contributed by atoms with van der Waals surface area (Å²) in [4.78, 5) is 1.26. The maximum Gasteiger partial charge on any atom is 0.0604 e. The predicted octanol–water partition coefficient (Wildman–Crippen LogP) is 3.45. The Hall–Kier alpha value is -0.730. The number of hydrogen-bond acceptors (Lipinski definition) is 2. The topological polar surface area (TPSA) is 26.0 Å². The number of aryl methyl sites for hydroxylation is 1. The molecule has 0 aliphatic carbocycles. The van der Waals surface area contributed by atoms with Crippen molar-refractivity contribution in [2.24, 2.45) is 0 Å². The van der Waals surface area contributed by atoms with Crippen LogP contribution in [0.25, 0.3) is 10.1 Å². The first-order valence-electron chi connectivity index (χ1n) is 3.62. The van der Waals surface area contributed by atoms with Crippen molar-refractivity contribution < 1.29 is 0 Å². The van der Waals surface area contributed by atoms with Gasteiger partial charge in [-0.1, -0.05) is 11.6 Å². The highest BCUT2D eigenvalue weighted by atomic mass is 35.5. The fourth-order valence-corrected chi connectivity index (χ4v) is 2.51. The largest absolute Gasteiger partial charge is 0.399 e. The van der Waals surface area contributed by atoms with Crippen LogP contribution in [-0.4, -0.2) is 0 Å². The summed E-state index contributed by atoms with van der Waals surface area (Å²) < 4.78 is 1.13. The van der Waals surface area contributed by atoms with E-state index in [1.54, 1.807) is 17.4 Å². The Balaban J connectivity index is 2.88. The van der Waals surface area contributed by atoms with Crippen LogP contribution in [-0.2, 0) is 0 Å². The average Bonchev–Trinajstić information content (AvgIpc) is 2.29. The SMILES string of the molecule is Cc1cc2cc(N)cc(Cl)c2s1. The van der Waals surface area contributed by atoms with E-state index in [9.17, 15) is 0 Å². The summed E-state index contributed by atoms with van der Waals surface area (Å²) in [7, 11) is 0. The van der Waals surface area contributed by atoms with Crippen LogP contribution in [0.15, 0.2) is 18.2 Å². The van der Waals surface area contributed by atoms with Crippen LogP contribution >= 0.6 is 22.9 Å². The van der Waals surface area contributed by atoms with Gasteiger partial charge in [-0.05, 0) is 30.5 Å². The first-order valence-corrected chi connectivity index (χ1v) is 4.81. The third-order valence-corrected chi connectivity index (χ3v) is 3.23. The van der Waals surface area contributed by atoms with E-state index in [1.165, 1.54) is 4.88 Å². The van der Waals surface area contributed by atoms with Gasteiger partial charge in [-0.3, -0.25) is 0 Å². The maximum atomic E-state index is 6.01. The summed E-state index contributed by atoms with van der Waals surface area (Å²) in [6.45, 7) is 2.07. The average molecular weight is 198 g/mol. The second-order valence-electron chi connectivity index (χ2n) is 2.78. The molecule has 0 unspecified atom stereocenters. The van der Waals surface area contributed by atoms with Crippen LogP contribution in [0.1, 0.15) is 4.88 Å². The van der Waals surface area contributed by atoms with Crippen LogP contribution in [0.2, 0.25) is 5.02 Å². The lowest BCUT2D eigenvalue weighted by molar-refractivity contribution is 1.65. The van der Waals surface area contributed by atoms with E-state index in [2.05, 4.69) is 13.0 Å². The molecule has 62 valence electrons. The van der Waals surface area contributed by atoms with Gasteiger partial charge in [-0.15, -0.1) is 11.3 Å². The number of halogens is 1. The molecule has 1 aromatic heterocycles. The van der Waals surface area contributed by atoms with Crippen LogP contribution in [0, 0.1) is 6.92 Å². The molecule has 0 amide bonds. The molecule has 12 heavy (non-hydrogen) atoms. The zero-order valence-electron chi connectivity index (χ0n) is 6.60. The van der Waals surface area contributed by atoms with Gasteiger partial charge in [-0.25, -0.2) is 0 Å². The summed E-state index contributed by atoms with van der Waals surface area (Å²) in [5, 5.41) is 1.89. The number of fused-ring (bicyclic) bond motifs is 1. The van der Waals surface area contributed by atoms with Crippen LogP contribution in [0.5, 0.6) is 0 Å². The molecule has 0 saturated carbocycles. The number of benzene rings is 1. The van der Waals surface area contributed by atoms with Crippen LogP contribution in [0.3, 0.4) is 0 Å². The van der Waals surface area contributed by atoms with Crippen molar-refractivity contribution in [1.29, 1.82) is 0 Å². The number of nitrogen functional groups attached to an aromatic ring is 1. The monoisotopic (exact) mass is 197 g/mol. The van der Waals surface area contributed by atoms with Gasteiger partial charge in [-0.2, -0.15) is 0 Å². The van der Waals surface area contributed by atoms with Gasteiger partial charge < -0.3 is 5.73 Å². The number of anilines is 1. The minimum absolute atomic E-state index is 0.727. The third-order valence-electron chi connectivity index (χ3n) is 1.72.